The van der Waals surface area contributed by atoms with E-state index in [1.165, 1.54) is 28.3 Å². The zero-order valence-electron chi connectivity index (χ0n) is 11.7. The van der Waals surface area contributed by atoms with Gasteiger partial charge in [-0.05, 0) is 11.4 Å². The topological polar surface area (TPSA) is 104 Å². The Kier molecular flexibility index (Phi) is 4.05. The van der Waals surface area contributed by atoms with Crippen molar-refractivity contribution in [2.45, 2.75) is 4.21 Å². The second-order valence-corrected chi connectivity index (χ2v) is 7.73. The van der Waals surface area contributed by atoms with Gasteiger partial charge in [-0.25, -0.2) is 23.4 Å². The van der Waals surface area contributed by atoms with Crippen molar-refractivity contribution in [3.05, 3.63) is 30.2 Å². The molecule has 0 unspecified atom stereocenters. The maximum Gasteiger partial charge on any atom is 0.252 e. The molecule has 0 amide bonds. The molecular weight excluding hydrogens is 324 g/mol. The Hall–Kier alpha value is -2.04. The van der Waals surface area contributed by atoms with Gasteiger partial charge in [0.05, 0.1) is 6.33 Å². The van der Waals surface area contributed by atoms with Gasteiger partial charge in [-0.1, -0.05) is 6.07 Å². The fourth-order valence-corrected chi connectivity index (χ4v) is 4.29. The van der Waals surface area contributed by atoms with E-state index in [1.807, 2.05) is 0 Å². The number of aromatic amines is 1. The number of thiophene rings is 1. The van der Waals surface area contributed by atoms with E-state index in [1.54, 1.807) is 24.6 Å². The van der Waals surface area contributed by atoms with Crippen LogP contribution in [0.3, 0.4) is 0 Å². The molecule has 0 aliphatic carbocycles. The van der Waals surface area contributed by atoms with Gasteiger partial charge in [-0.3, -0.25) is 0 Å². The molecule has 3 rings (SSSR count). The molecule has 3 heterocycles. The van der Waals surface area contributed by atoms with E-state index in [0.717, 1.165) is 0 Å². The lowest BCUT2D eigenvalue weighted by Crippen LogP contribution is -2.31. The summed E-state index contributed by atoms with van der Waals surface area (Å²) in [4.78, 5) is 15.1. The molecule has 0 radical (unpaired) electrons. The van der Waals surface area contributed by atoms with Crippen LogP contribution in [0.15, 0.2) is 34.4 Å². The summed E-state index contributed by atoms with van der Waals surface area (Å²) in [6.07, 6.45) is 2.95. The summed E-state index contributed by atoms with van der Waals surface area (Å²) in [7, 11) is -1.86. The maximum absolute atomic E-state index is 12.3. The van der Waals surface area contributed by atoms with Crippen LogP contribution >= 0.6 is 11.3 Å². The van der Waals surface area contributed by atoms with E-state index >= 15 is 0 Å². The first-order chi connectivity index (χ1) is 10.6. The van der Waals surface area contributed by atoms with Gasteiger partial charge < -0.3 is 10.3 Å². The molecule has 0 atom stereocenters. The van der Waals surface area contributed by atoms with Crippen LogP contribution in [-0.4, -0.2) is 52.8 Å². The van der Waals surface area contributed by atoms with E-state index in [-0.39, 0.29) is 0 Å². The standard InChI is InChI=1S/C12H14N6O2S2/c1-18(22(19,20)9-3-2-6-21-9)5-4-13-11-10-12(15-7-14-10)17-8-16-11/h2-3,6-8H,4-5H2,1H3,(H2,13,14,15,16,17). The first-order valence-electron chi connectivity index (χ1n) is 6.47. The third-order valence-electron chi connectivity index (χ3n) is 3.10. The minimum Gasteiger partial charge on any atom is -0.367 e. The molecule has 22 heavy (non-hydrogen) atoms. The number of hydrogen-bond donors (Lipinski definition) is 2. The van der Waals surface area contributed by atoms with Crippen molar-refractivity contribution >= 4 is 38.3 Å². The van der Waals surface area contributed by atoms with Gasteiger partial charge in [0.25, 0.3) is 10.0 Å². The van der Waals surface area contributed by atoms with Crippen molar-refractivity contribution in [2.75, 3.05) is 25.5 Å². The van der Waals surface area contributed by atoms with Crippen molar-refractivity contribution in [3.63, 3.8) is 0 Å². The number of nitrogens with one attached hydrogen (secondary N) is 2. The van der Waals surface area contributed by atoms with Crippen molar-refractivity contribution in [2.24, 2.45) is 0 Å². The highest BCUT2D eigenvalue weighted by Crippen LogP contribution is 2.19. The SMILES string of the molecule is CN(CCNc1ncnc2nc[nH]c12)S(=O)(=O)c1cccs1. The van der Waals surface area contributed by atoms with Crippen molar-refractivity contribution in [1.82, 2.24) is 24.2 Å². The Morgan fingerprint density at radius 2 is 2.23 bits per heavy atom. The highest BCUT2D eigenvalue weighted by Gasteiger charge is 2.21. The number of sulfonamides is 1. The monoisotopic (exact) mass is 338 g/mol. The van der Waals surface area contributed by atoms with E-state index < -0.39 is 10.0 Å². The molecule has 0 saturated heterocycles. The number of rotatable bonds is 6. The lowest BCUT2D eigenvalue weighted by atomic mass is 10.5. The smallest absolute Gasteiger partial charge is 0.252 e. The van der Waals surface area contributed by atoms with Crippen LogP contribution in [0.1, 0.15) is 0 Å². The fourth-order valence-electron chi connectivity index (χ4n) is 1.91. The molecule has 0 aliphatic rings. The number of hydrogen-bond acceptors (Lipinski definition) is 7. The zero-order chi connectivity index (χ0) is 15.6. The summed E-state index contributed by atoms with van der Waals surface area (Å²) >= 11 is 1.21. The van der Waals surface area contributed by atoms with Crippen molar-refractivity contribution in [3.8, 4) is 0 Å². The minimum absolute atomic E-state index is 0.319. The summed E-state index contributed by atoms with van der Waals surface area (Å²) in [5.74, 6) is 0.601. The number of H-pyrrole nitrogens is 1. The molecular formula is C12H14N6O2S2. The Labute approximate surface area is 131 Å². The largest absolute Gasteiger partial charge is 0.367 e. The number of anilines is 1. The van der Waals surface area contributed by atoms with Crippen LogP contribution < -0.4 is 5.32 Å². The second kappa shape index (κ2) is 5.99. The van der Waals surface area contributed by atoms with Gasteiger partial charge in [-0.2, -0.15) is 4.31 Å². The average Bonchev–Trinajstić information content (AvgIpc) is 3.18. The molecule has 10 heteroatoms. The first-order valence-corrected chi connectivity index (χ1v) is 8.79. The van der Waals surface area contributed by atoms with Crippen LogP contribution in [0.5, 0.6) is 0 Å². The summed E-state index contributed by atoms with van der Waals surface area (Å²) in [5, 5.41) is 4.84. The third kappa shape index (κ3) is 2.80. The van der Waals surface area contributed by atoms with Gasteiger partial charge in [-0.15, -0.1) is 11.3 Å². The van der Waals surface area contributed by atoms with Gasteiger partial charge in [0, 0.05) is 20.1 Å². The highest BCUT2D eigenvalue weighted by molar-refractivity contribution is 7.91. The number of aromatic nitrogens is 4. The Balaban J connectivity index is 1.65. The molecule has 0 bridgehead atoms. The molecule has 0 spiro atoms. The highest BCUT2D eigenvalue weighted by atomic mass is 32.2. The summed E-state index contributed by atoms with van der Waals surface area (Å²) < 4.78 is 26.2. The zero-order valence-corrected chi connectivity index (χ0v) is 13.4. The Bertz CT molecular complexity index is 859. The lowest BCUT2D eigenvalue weighted by Gasteiger charge is -2.16. The summed E-state index contributed by atoms with van der Waals surface area (Å²) in [6, 6.07) is 3.32. The van der Waals surface area contributed by atoms with Crippen molar-refractivity contribution < 1.29 is 8.42 Å². The van der Waals surface area contributed by atoms with E-state index in [4.69, 9.17) is 0 Å². The number of likely N-dealkylation sites (N-methyl/N-ethyl adjacent to an activating group) is 1. The number of imidazole rings is 1. The molecule has 3 aromatic heterocycles. The molecule has 0 fully saturated rings. The maximum atomic E-state index is 12.3. The van der Waals surface area contributed by atoms with Gasteiger partial charge in [0.15, 0.2) is 11.5 Å². The quantitative estimate of drug-likeness (QED) is 0.699. The van der Waals surface area contributed by atoms with Crippen LogP contribution in [0.4, 0.5) is 5.82 Å². The minimum atomic E-state index is -3.42. The Morgan fingerprint density at radius 1 is 1.36 bits per heavy atom. The molecule has 2 N–H and O–H groups in total. The number of fused-ring (bicyclic) bond motifs is 1. The molecule has 116 valence electrons. The Morgan fingerprint density at radius 3 is 3.00 bits per heavy atom. The molecule has 3 aromatic rings. The molecule has 8 nitrogen and oxygen atoms in total. The molecule has 0 saturated carbocycles. The van der Waals surface area contributed by atoms with Crippen LogP contribution in [-0.2, 0) is 10.0 Å². The summed E-state index contributed by atoms with van der Waals surface area (Å²) in [5.41, 5.74) is 1.27. The van der Waals surface area contributed by atoms with Crippen LogP contribution in [0, 0.1) is 0 Å². The fraction of sp³-hybridized carbons (Fsp3) is 0.250. The molecule has 0 aromatic carbocycles. The van der Waals surface area contributed by atoms with E-state index in [2.05, 4.69) is 25.3 Å². The predicted octanol–water partition coefficient (Wildman–Crippen LogP) is 1.15. The third-order valence-corrected chi connectivity index (χ3v) is 6.33. The van der Waals surface area contributed by atoms with Crippen LogP contribution in [0.2, 0.25) is 0 Å². The lowest BCUT2D eigenvalue weighted by molar-refractivity contribution is 0.482. The second-order valence-electron chi connectivity index (χ2n) is 4.51. The van der Waals surface area contributed by atoms with Crippen molar-refractivity contribution in [1.29, 1.82) is 0 Å². The summed E-state index contributed by atoms with van der Waals surface area (Å²) in [6.45, 7) is 0.742. The van der Waals surface area contributed by atoms with E-state index in [9.17, 15) is 8.42 Å². The van der Waals surface area contributed by atoms with Gasteiger partial charge >= 0.3 is 0 Å². The average molecular weight is 338 g/mol. The predicted molar refractivity (Wildman–Crippen MR) is 84.3 cm³/mol. The number of nitrogens with zero attached hydrogens (tertiary/aromatic N) is 4. The normalized spacial score (nSPS) is 12.1. The van der Waals surface area contributed by atoms with Crippen LogP contribution in [0.25, 0.3) is 11.2 Å². The van der Waals surface area contributed by atoms with Gasteiger partial charge in [0.2, 0.25) is 0 Å². The first kappa shape index (κ1) is 14.9. The molecule has 0 aliphatic heterocycles. The van der Waals surface area contributed by atoms with Gasteiger partial charge in [0.1, 0.15) is 16.1 Å². The van der Waals surface area contributed by atoms with E-state index in [0.29, 0.717) is 34.3 Å².